The predicted molar refractivity (Wildman–Crippen MR) is 207 cm³/mol. The first-order chi connectivity index (χ1) is 23.8. The molecule has 0 aliphatic carbocycles. The van der Waals surface area contributed by atoms with Crippen molar-refractivity contribution in [3.63, 3.8) is 0 Å². The van der Waals surface area contributed by atoms with Crippen molar-refractivity contribution in [3.8, 4) is 24.0 Å². The third kappa shape index (κ3) is 6.62. The lowest BCUT2D eigenvalue weighted by molar-refractivity contribution is 0.0954. The Morgan fingerprint density at radius 1 is 0.860 bits per heavy atom. The van der Waals surface area contributed by atoms with E-state index in [1.165, 1.54) is 55.9 Å². The Kier molecular flexibility index (Phi) is 9.80. The molecule has 50 heavy (non-hydrogen) atoms. The normalized spacial score (nSPS) is 18.6. The number of hydrogen-bond donors (Lipinski definition) is 0. The molecule has 3 aliphatic rings. The summed E-state index contributed by atoms with van der Waals surface area (Å²) in [7, 11) is 0. The van der Waals surface area contributed by atoms with E-state index in [2.05, 4.69) is 75.9 Å². The Morgan fingerprint density at radius 2 is 1.50 bits per heavy atom. The molecule has 0 spiro atoms. The zero-order valence-corrected chi connectivity index (χ0v) is 32.0. The highest BCUT2D eigenvalue weighted by Gasteiger charge is 2.43. The number of allylic oxidation sites excluding steroid dienone is 2. The zero-order chi connectivity index (χ0) is 35.8. The van der Waals surface area contributed by atoms with E-state index in [9.17, 15) is 15.8 Å². The number of thiophene rings is 2. The largest absolute Gasteiger partial charge is 0.493 e. The second-order valence-electron chi connectivity index (χ2n) is 15.4. The minimum atomic E-state index is -0.835. The molecule has 0 saturated heterocycles. The molecule has 0 bridgehead atoms. The van der Waals surface area contributed by atoms with E-state index in [-0.39, 0.29) is 27.7 Å². The summed E-state index contributed by atoms with van der Waals surface area (Å²) in [6, 6.07) is 12.7. The van der Waals surface area contributed by atoms with Crippen molar-refractivity contribution < 1.29 is 9.47 Å². The van der Waals surface area contributed by atoms with Gasteiger partial charge in [0.2, 0.25) is 0 Å². The van der Waals surface area contributed by atoms with Gasteiger partial charge in [0.15, 0.2) is 11.3 Å². The maximum absolute atomic E-state index is 9.88. The first-order valence-corrected chi connectivity index (χ1v) is 19.3. The Balaban J connectivity index is 1.33. The molecular formula is C42H46N4O2S2. The molecule has 0 amide bonds. The first kappa shape index (κ1) is 35.5. The fourth-order valence-corrected chi connectivity index (χ4v) is 9.63. The summed E-state index contributed by atoms with van der Waals surface area (Å²) < 4.78 is 15.1. The maximum atomic E-state index is 9.88. The average molecular weight is 703 g/mol. The molecule has 3 aliphatic heterocycles. The number of unbranched alkanes of at least 4 members (excludes halogenated alkanes) is 3. The van der Waals surface area contributed by atoms with Crippen molar-refractivity contribution in [3.05, 3.63) is 73.2 Å². The van der Waals surface area contributed by atoms with E-state index < -0.39 is 5.60 Å². The zero-order valence-electron chi connectivity index (χ0n) is 30.3. The SMILES string of the molecule is CCCCCCOc1c(/C=C/c2cc3sc(/C=C/C4=C(C#N)C(=C(C#N)C#N)OC4(C)C)cc3s2)cc2c3c1C(C)(C)CCN3CCC2(C)C. The smallest absolute Gasteiger partial charge is 0.172 e. The van der Waals surface area contributed by atoms with Crippen LogP contribution in [0.5, 0.6) is 5.75 Å². The van der Waals surface area contributed by atoms with Crippen molar-refractivity contribution >= 4 is 56.0 Å². The van der Waals surface area contributed by atoms with Crippen LogP contribution < -0.4 is 9.64 Å². The van der Waals surface area contributed by atoms with E-state index in [4.69, 9.17) is 9.47 Å². The third-order valence-corrected chi connectivity index (χ3v) is 12.6. The molecule has 5 heterocycles. The van der Waals surface area contributed by atoms with Crippen LogP contribution in [0.25, 0.3) is 27.6 Å². The Labute approximate surface area is 305 Å². The molecule has 0 atom stereocenters. The summed E-state index contributed by atoms with van der Waals surface area (Å²) >= 11 is 3.46. The second kappa shape index (κ2) is 13.8. The Bertz CT molecular complexity index is 2030. The van der Waals surface area contributed by atoms with Gasteiger partial charge in [-0.1, -0.05) is 60.0 Å². The molecule has 6 nitrogen and oxygen atoms in total. The fraction of sp³-hybridized carbons (Fsp3) is 0.452. The highest BCUT2D eigenvalue weighted by Crippen LogP contribution is 2.54. The molecule has 0 unspecified atom stereocenters. The topological polar surface area (TPSA) is 93.1 Å². The highest BCUT2D eigenvalue weighted by atomic mass is 32.1. The summed E-state index contributed by atoms with van der Waals surface area (Å²) in [4.78, 5) is 4.86. The molecule has 0 radical (unpaired) electrons. The lowest BCUT2D eigenvalue weighted by Gasteiger charge is -2.49. The van der Waals surface area contributed by atoms with Gasteiger partial charge in [-0.3, -0.25) is 0 Å². The minimum absolute atomic E-state index is 0.0293. The van der Waals surface area contributed by atoms with Crippen molar-refractivity contribution in [2.45, 2.75) is 103 Å². The number of rotatable bonds is 10. The van der Waals surface area contributed by atoms with Crippen LogP contribution in [0, 0.1) is 34.0 Å². The van der Waals surface area contributed by atoms with Crippen LogP contribution in [0.4, 0.5) is 5.69 Å². The van der Waals surface area contributed by atoms with Gasteiger partial charge in [-0.05, 0) is 85.9 Å². The van der Waals surface area contributed by atoms with Crippen LogP contribution in [-0.4, -0.2) is 25.3 Å². The van der Waals surface area contributed by atoms with Gasteiger partial charge in [-0.2, -0.15) is 15.8 Å². The van der Waals surface area contributed by atoms with Crippen LogP contribution in [0.2, 0.25) is 0 Å². The summed E-state index contributed by atoms with van der Waals surface area (Å²) in [5.41, 5.74) is 5.41. The van der Waals surface area contributed by atoms with Gasteiger partial charge in [-0.25, -0.2) is 0 Å². The number of ether oxygens (including phenoxy) is 2. The van der Waals surface area contributed by atoms with E-state index in [1.54, 1.807) is 22.7 Å². The van der Waals surface area contributed by atoms with Crippen molar-refractivity contribution in [2.75, 3.05) is 24.6 Å². The van der Waals surface area contributed by atoms with Gasteiger partial charge in [0, 0.05) is 54.6 Å². The highest BCUT2D eigenvalue weighted by molar-refractivity contribution is 7.28. The molecule has 8 heteroatoms. The van der Waals surface area contributed by atoms with E-state index >= 15 is 0 Å². The lowest BCUT2D eigenvalue weighted by atomic mass is 9.68. The van der Waals surface area contributed by atoms with Gasteiger partial charge >= 0.3 is 0 Å². The molecule has 258 valence electrons. The second-order valence-corrected chi connectivity index (χ2v) is 17.6. The predicted octanol–water partition coefficient (Wildman–Crippen LogP) is 11.2. The summed E-state index contributed by atoms with van der Waals surface area (Å²) in [6.07, 6.45) is 15.4. The quantitative estimate of drug-likeness (QED) is 0.154. The van der Waals surface area contributed by atoms with Crippen LogP contribution in [0.15, 0.2) is 46.8 Å². The number of fused-ring (bicyclic) bond motifs is 1. The van der Waals surface area contributed by atoms with Crippen molar-refractivity contribution in [1.82, 2.24) is 0 Å². The van der Waals surface area contributed by atoms with E-state index in [0.717, 1.165) is 49.6 Å². The van der Waals surface area contributed by atoms with Crippen molar-refractivity contribution in [2.24, 2.45) is 0 Å². The number of nitrogens with zero attached hydrogens (tertiary/aromatic N) is 4. The molecule has 0 saturated carbocycles. The number of nitriles is 3. The Hall–Kier alpha value is -4.29. The molecule has 2 aromatic heterocycles. The minimum Gasteiger partial charge on any atom is -0.493 e. The third-order valence-electron chi connectivity index (χ3n) is 10.4. The summed E-state index contributed by atoms with van der Waals surface area (Å²) in [6.45, 7) is 18.4. The molecule has 0 N–H and O–H groups in total. The fourth-order valence-electron chi connectivity index (χ4n) is 7.41. The van der Waals surface area contributed by atoms with Crippen LogP contribution in [0.3, 0.4) is 0 Å². The molecule has 6 rings (SSSR count). The van der Waals surface area contributed by atoms with Gasteiger partial charge in [0.05, 0.1) is 6.61 Å². The Morgan fingerprint density at radius 3 is 2.12 bits per heavy atom. The standard InChI is InChI=1S/C42H46N4O2S2/c1-8-9-10-11-20-47-39-27(21-33-37-36(39)41(4,5)17-19-46(37)18-16-40(33,2)3)12-13-29-22-34-35(49-29)23-30(50-34)14-15-32-31(26-45)38(28(24-43)25-44)48-42(32,6)7/h12-15,21-23H,8-11,16-20H2,1-7H3/b13-12+,15-14+. The summed E-state index contributed by atoms with van der Waals surface area (Å²) in [5, 5.41) is 28.6. The van der Waals surface area contributed by atoms with Gasteiger partial charge in [-0.15, -0.1) is 22.7 Å². The first-order valence-electron chi connectivity index (χ1n) is 17.7. The number of anilines is 1. The summed E-state index contributed by atoms with van der Waals surface area (Å²) in [5.74, 6) is 1.12. The van der Waals surface area contributed by atoms with Crippen molar-refractivity contribution in [1.29, 1.82) is 15.8 Å². The number of benzene rings is 1. The lowest BCUT2D eigenvalue weighted by Crippen LogP contribution is -2.45. The van der Waals surface area contributed by atoms with Gasteiger partial charge in [0.25, 0.3) is 0 Å². The molecule has 1 aromatic carbocycles. The molecule has 0 fully saturated rings. The van der Waals surface area contributed by atoms with Gasteiger partial charge in [0.1, 0.15) is 35.1 Å². The molecule has 3 aromatic rings. The average Bonchev–Trinajstić information content (AvgIpc) is 3.71. The van der Waals surface area contributed by atoms with Gasteiger partial charge < -0.3 is 14.4 Å². The van der Waals surface area contributed by atoms with Crippen LogP contribution in [0.1, 0.15) is 113 Å². The molecular weight excluding hydrogens is 657 g/mol. The monoisotopic (exact) mass is 702 g/mol. The van der Waals surface area contributed by atoms with Crippen LogP contribution in [-0.2, 0) is 15.6 Å². The maximum Gasteiger partial charge on any atom is 0.172 e. The van der Waals surface area contributed by atoms with E-state index in [0.29, 0.717) is 5.57 Å². The number of hydrogen-bond acceptors (Lipinski definition) is 8. The van der Waals surface area contributed by atoms with E-state index in [1.807, 2.05) is 38.1 Å². The van der Waals surface area contributed by atoms with Crippen LogP contribution >= 0.6 is 22.7 Å².